The van der Waals surface area contributed by atoms with Crippen molar-refractivity contribution in [2.45, 2.75) is 78.2 Å². The molecule has 1 aromatic rings. The number of allylic oxidation sites excluding steroid dienone is 9. The first-order valence-corrected chi connectivity index (χ1v) is 15.4. The van der Waals surface area contributed by atoms with Gasteiger partial charge < -0.3 is 10.1 Å². The molecule has 4 rings (SSSR count). The fraction of sp³-hybridized carbons (Fsp3) is 0.368. The Balaban J connectivity index is 1.99. The summed E-state index contributed by atoms with van der Waals surface area (Å²) < 4.78 is 34.2. The molecule has 6 heteroatoms. The van der Waals surface area contributed by atoms with Gasteiger partial charge in [-0.15, -0.1) is 0 Å². The zero-order valence-corrected chi connectivity index (χ0v) is 26.6. The van der Waals surface area contributed by atoms with Gasteiger partial charge in [0.25, 0.3) is 0 Å². The number of hydrogen-bond donors (Lipinski definition) is 1. The van der Waals surface area contributed by atoms with E-state index in [2.05, 4.69) is 38.9 Å². The van der Waals surface area contributed by atoms with Gasteiger partial charge in [0.2, 0.25) is 0 Å². The average molecular weight is 598 g/mol. The number of nitrogens with one attached hydrogen (secondary N) is 1. The van der Waals surface area contributed by atoms with E-state index >= 15 is 0 Å². The highest BCUT2D eigenvalue weighted by molar-refractivity contribution is 6.03. The molecular weight excluding hydrogens is 552 g/mol. The Bertz CT molecular complexity index is 1500. The minimum absolute atomic E-state index is 0.356. The van der Waals surface area contributed by atoms with Crippen LogP contribution in [0.4, 0.5) is 8.78 Å². The number of piperidine rings is 1. The Hall–Kier alpha value is -4.06. The van der Waals surface area contributed by atoms with E-state index in [1.807, 2.05) is 50.3 Å². The third-order valence-electron chi connectivity index (χ3n) is 8.86. The van der Waals surface area contributed by atoms with Crippen molar-refractivity contribution < 1.29 is 13.5 Å². The monoisotopic (exact) mass is 597 g/mol. The summed E-state index contributed by atoms with van der Waals surface area (Å²) in [5.41, 5.74) is 7.17. The Morgan fingerprint density at radius 3 is 2.50 bits per heavy atom. The Labute approximate surface area is 261 Å². The SMILES string of the molecule is C=C1CCCCC1=N/C(=C1\N[C@](C)(CC)[C@H](C2N=C/C=C\C=C(/C)C(=C)O2)/C(=C/C(=C\C)CF)C1=C)c1ccc(CF)cc1. The van der Waals surface area contributed by atoms with E-state index in [0.717, 1.165) is 59.4 Å². The maximum absolute atomic E-state index is 14.3. The van der Waals surface area contributed by atoms with Crippen LogP contribution in [0.25, 0.3) is 5.70 Å². The van der Waals surface area contributed by atoms with Gasteiger partial charge in [-0.05, 0) is 92.4 Å². The number of rotatable bonds is 7. The van der Waals surface area contributed by atoms with Crippen LogP contribution in [0.3, 0.4) is 0 Å². The molecule has 4 nitrogen and oxygen atoms in total. The van der Waals surface area contributed by atoms with Crippen molar-refractivity contribution in [1.82, 2.24) is 5.32 Å². The molecule has 1 aliphatic carbocycles. The second-order valence-electron chi connectivity index (χ2n) is 11.8. The molecule has 1 unspecified atom stereocenters. The fourth-order valence-corrected chi connectivity index (χ4v) is 5.81. The average Bonchev–Trinajstić information content (AvgIpc) is 3.11. The minimum atomic E-state index is -0.662. The van der Waals surface area contributed by atoms with Crippen LogP contribution in [-0.2, 0) is 11.4 Å². The van der Waals surface area contributed by atoms with Crippen LogP contribution in [0.2, 0.25) is 0 Å². The van der Waals surface area contributed by atoms with Crippen molar-refractivity contribution in [3.63, 3.8) is 0 Å². The molecule has 1 aromatic carbocycles. The Morgan fingerprint density at radius 1 is 1.14 bits per heavy atom. The lowest BCUT2D eigenvalue weighted by atomic mass is 9.70. The number of ether oxygens (including phenoxy) is 1. The summed E-state index contributed by atoms with van der Waals surface area (Å²) >= 11 is 0. The lowest BCUT2D eigenvalue weighted by Gasteiger charge is -2.48. The van der Waals surface area contributed by atoms with E-state index in [0.29, 0.717) is 34.6 Å². The van der Waals surface area contributed by atoms with Gasteiger partial charge in [-0.1, -0.05) is 75.2 Å². The molecule has 2 heterocycles. The summed E-state index contributed by atoms with van der Waals surface area (Å²) in [6.07, 6.45) is 15.0. The standard InChI is InChI=1S/C38H45F2N3O/c1-8-29(23-39)22-32-27(5)35(36(31-19-17-30(24-40)18-20-31)42-33-16-11-10-15-26(33)4)43-38(7,9-2)34(32)37-41-21-13-12-14-25(3)28(6)44-37/h8,12-14,17-22,34,37,43H,4-6,9-11,15-16,23-24H2,1-3,7H3/b13-12-,25-14+,29-8+,32-22+,36-35-,41-21?,42-33?/t34-,37?,38+/m0/s1. The normalized spacial score (nSPS) is 29.7. The number of alkyl halides is 2. The molecule has 3 atom stereocenters. The highest BCUT2D eigenvalue weighted by atomic mass is 19.1. The summed E-state index contributed by atoms with van der Waals surface area (Å²) in [6, 6.07) is 7.37. The predicted molar refractivity (Wildman–Crippen MR) is 181 cm³/mol. The van der Waals surface area contributed by atoms with Crippen LogP contribution >= 0.6 is 0 Å². The molecule has 1 saturated carbocycles. The summed E-state index contributed by atoms with van der Waals surface area (Å²) in [7, 11) is 0. The van der Waals surface area contributed by atoms with Gasteiger partial charge in [0.1, 0.15) is 19.1 Å². The van der Waals surface area contributed by atoms with Gasteiger partial charge in [0.15, 0.2) is 6.23 Å². The lowest BCUT2D eigenvalue weighted by Crippen LogP contribution is -2.56. The number of hydrogen-bond acceptors (Lipinski definition) is 4. The molecule has 2 aliphatic heterocycles. The molecule has 2 fully saturated rings. The van der Waals surface area contributed by atoms with Gasteiger partial charge in [0.05, 0.1) is 17.3 Å². The smallest absolute Gasteiger partial charge is 0.198 e. The molecule has 232 valence electrons. The van der Waals surface area contributed by atoms with Crippen LogP contribution in [0, 0.1) is 5.92 Å². The minimum Gasteiger partial charge on any atom is -0.468 e. The van der Waals surface area contributed by atoms with Crippen molar-refractivity contribution in [3.8, 4) is 0 Å². The topological polar surface area (TPSA) is 46.0 Å². The first-order chi connectivity index (χ1) is 21.1. The maximum Gasteiger partial charge on any atom is 0.198 e. The van der Waals surface area contributed by atoms with E-state index < -0.39 is 25.1 Å². The molecule has 1 N–H and O–H groups in total. The third-order valence-corrected chi connectivity index (χ3v) is 8.86. The Morgan fingerprint density at radius 2 is 1.86 bits per heavy atom. The lowest BCUT2D eigenvalue weighted by molar-refractivity contribution is 0.0466. The van der Waals surface area contributed by atoms with Crippen LogP contribution < -0.4 is 5.32 Å². The molecule has 3 aliphatic rings. The molecule has 0 bridgehead atoms. The van der Waals surface area contributed by atoms with Crippen molar-refractivity contribution in [3.05, 3.63) is 125 Å². The van der Waals surface area contributed by atoms with Gasteiger partial charge >= 0.3 is 0 Å². The van der Waals surface area contributed by atoms with E-state index in [-0.39, 0.29) is 5.92 Å². The number of aliphatic imine (C=N–C) groups is 2. The maximum atomic E-state index is 14.3. The fourth-order valence-electron chi connectivity index (χ4n) is 5.81. The highest BCUT2D eigenvalue weighted by Gasteiger charge is 2.47. The summed E-state index contributed by atoms with van der Waals surface area (Å²) in [4.78, 5) is 10.1. The number of benzene rings is 1. The molecule has 1 saturated heterocycles. The molecule has 0 aromatic heterocycles. The van der Waals surface area contributed by atoms with Gasteiger partial charge in [-0.3, -0.25) is 4.99 Å². The van der Waals surface area contributed by atoms with Gasteiger partial charge in [-0.25, -0.2) is 13.8 Å². The summed E-state index contributed by atoms with van der Waals surface area (Å²) in [5, 5.41) is 3.82. The van der Waals surface area contributed by atoms with Crippen LogP contribution in [-0.4, -0.2) is 30.4 Å². The second kappa shape index (κ2) is 14.6. The van der Waals surface area contributed by atoms with Crippen LogP contribution in [0.5, 0.6) is 0 Å². The molecule has 44 heavy (non-hydrogen) atoms. The van der Waals surface area contributed by atoms with E-state index in [4.69, 9.17) is 14.7 Å². The van der Waals surface area contributed by atoms with E-state index in [1.54, 1.807) is 24.4 Å². The van der Waals surface area contributed by atoms with Crippen molar-refractivity contribution in [2.24, 2.45) is 15.9 Å². The zero-order chi connectivity index (χ0) is 31.9. The van der Waals surface area contributed by atoms with Crippen LogP contribution in [0.1, 0.15) is 70.9 Å². The summed E-state index contributed by atoms with van der Waals surface area (Å²) in [6.45, 7) is 19.9. The molecular formula is C38H45F2N3O. The van der Waals surface area contributed by atoms with Crippen molar-refractivity contribution in [2.75, 3.05) is 6.67 Å². The van der Waals surface area contributed by atoms with E-state index in [9.17, 15) is 8.78 Å². The third kappa shape index (κ3) is 7.18. The molecule has 0 spiro atoms. The van der Waals surface area contributed by atoms with E-state index in [1.165, 1.54) is 0 Å². The summed E-state index contributed by atoms with van der Waals surface area (Å²) in [5.74, 6) is 0.168. The first kappa shape index (κ1) is 32.8. The predicted octanol–water partition coefficient (Wildman–Crippen LogP) is 9.63. The van der Waals surface area contributed by atoms with Gasteiger partial charge in [0, 0.05) is 23.0 Å². The largest absolute Gasteiger partial charge is 0.468 e. The number of nitrogens with zero attached hydrogens (tertiary/aromatic N) is 2. The molecule has 0 amide bonds. The van der Waals surface area contributed by atoms with Gasteiger partial charge in [-0.2, -0.15) is 0 Å². The van der Waals surface area contributed by atoms with Crippen molar-refractivity contribution in [1.29, 1.82) is 0 Å². The second-order valence-corrected chi connectivity index (χ2v) is 11.8. The molecule has 0 radical (unpaired) electrons. The number of halogens is 2. The zero-order valence-electron chi connectivity index (χ0n) is 26.6. The first-order valence-electron chi connectivity index (χ1n) is 15.4. The highest BCUT2D eigenvalue weighted by Crippen LogP contribution is 2.46. The van der Waals surface area contributed by atoms with Crippen molar-refractivity contribution >= 4 is 17.6 Å². The quantitative estimate of drug-likeness (QED) is 0.340. The van der Waals surface area contributed by atoms with Crippen LogP contribution in [0.15, 0.2) is 124 Å². The Kier molecular flexibility index (Phi) is 10.9.